The number of piperidine rings is 1. The van der Waals surface area contributed by atoms with Crippen LogP contribution in [0.5, 0.6) is 0 Å². The van der Waals surface area contributed by atoms with E-state index in [4.69, 9.17) is 10.00 Å². The Bertz CT molecular complexity index is 759. The van der Waals surface area contributed by atoms with Gasteiger partial charge in [0.15, 0.2) is 0 Å². The first kappa shape index (κ1) is 17.2. The predicted octanol–water partition coefficient (Wildman–Crippen LogP) is 3.80. The summed E-state index contributed by atoms with van der Waals surface area (Å²) < 4.78 is 5.75. The third kappa shape index (κ3) is 3.89. The van der Waals surface area contributed by atoms with Crippen LogP contribution in [0.15, 0.2) is 54.6 Å². The van der Waals surface area contributed by atoms with Crippen molar-refractivity contribution in [2.45, 2.75) is 18.9 Å². The minimum Gasteiger partial charge on any atom is -0.376 e. The maximum absolute atomic E-state index is 12.7. The van der Waals surface area contributed by atoms with E-state index in [1.54, 1.807) is 31.4 Å². The van der Waals surface area contributed by atoms with Crippen molar-refractivity contribution in [3.05, 3.63) is 71.3 Å². The van der Waals surface area contributed by atoms with Gasteiger partial charge in [0, 0.05) is 25.8 Å². The summed E-state index contributed by atoms with van der Waals surface area (Å²) in [6.07, 6.45) is 1.90. The Morgan fingerprint density at radius 2 is 1.88 bits per heavy atom. The molecular weight excluding hydrogens is 312 g/mol. The van der Waals surface area contributed by atoms with E-state index in [2.05, 4.69) is 18.2 Å². The zero-order valence-electron chi connectivity index (χ0n) is 14.4. The fourth-order valence-electron chi connectivity index (χ4n) is 3.55. The van der Waals surface area contributed by atoms with E-state index in [1.165, 1.54) is 5.56 Å². The Kier molecular flexibility index (Phi) is 5.47. The molecule has 1 aliphatic heterocycles. The van der Waals surface area contributed by atoms with Crippen molar-refractivity contribution in [2.75, 3.05) is 20.2 Å². The number of amides is 1. The molecule has 0 radical (unpaired) electrons. The van der Waals surface area contributed by atoms with Crippen molar-refractivity contribution in [3.8, 4) is 6.07 Å². The average Bonchev–Trinajstić information content (AvgIpc) is 2.69. The van der Waals surface area contributed by atoms with Crippen LogP contribution in [-0.2, 0) is 4.74 Å². The molecule has 0 aliphatic carbocycles. The SMILES string of the molecule is COC(c1ccccc1)C1CCN(C(=O)c2cccc(C#N)c2)CC1. The molecule has 0 saturated carbocycles. The molecule has 1 amide bonds. The summed E-state index contributed by atoms with van der Waals surface area (Å²) in [5.41, 5.74) is 2.30. The molecular formula is C21H22N2O2. The molecule has 1 heterocycles. The van der Waals surface area contributed by atoms with E-state index in [-0.39, 0.29) is 12.0 Å². The highest BCUT2D eigenvalue weighted by Crippen LogP contribution is 2.33. The van der Waals surface area contributed by atoms with E-state index in [1.807, 2.05) is 23.1 Å². The molecule has 25 heavy (non-hydrogen) atoms. The number of hydrogen-bond acceptors (Lipinski definition) is 3. The molecule has 0 bridgehead atoms. The van der Waals surface area contributed by atoms with Crippen LogP contribution < -0.4 is 0 Å². The zero-order chi connectivity index (χ0) is 17.6. The van der Waals surface area contributed by atoms with Gasteiger partial charge < -0.3 is 9.64 Å². The van der Waals surface area contributed by atoms with Crippen LogP contribution in [0.3, 0.4) is 0 Å². The quantitative estimate of drug-likeness (QED) is 0.854. The molecule has 4 nitrogen and oxygen atoms in total. The third-order valence-electron chi connectivity index (χ3n) is 4.88. The normalized spacial score (nSPS) is 16.2. The Morgan fingerprint density at radius 3 is 2.52 bits per heavy atom. The molecule has 0 N–H and O–H groups in total. The largest absolute Gasteiger partial charge is 0.376 e. The van der Waals surface area contributed by atoms with Crippen LogP contribution in [-0.4, -0.2) is 31.0 Å². The second-order valence-corrected chi connectivity index (χ2v) is 6.39. The molecule has 1 fully saturated rings. The topological polar surface area (TPSA) is 53.3 Å². The van der Waals surface area contributed by atoms with Crippen LogP contribution in [0.2, 0.25) is 0 Å². The highest BCUT2D eigenvalue weighted by atomic mass is 16.5. The molecule has 2 aromatic carbocycles. The van der Waals surface area contributed by atoms with E-state index in [9.17, 15) is 4.79 Å². The molecule has 128 valence electrons. The van der Waals surface area contributed by atoms with Gasteiger partial charge in [0.05, 0.1) is 17.7 Å². The second-order valence-electron chi connectivity index (χ2n) is 6.39. The zero-order valence-corrected chi connectivity index (χ0v) is 14.4. The van der Waals surface area contributed by atoms with Gasteiger partial charge in [-0.2, -0.15) is 5.26 Å². The lowest BCUT2D eigenvalue weighted by atomic mass is 9.87. The number of nitrogens with zero attached hydrogens (tertiary/aromatic N) is 2. The molecule has 1 aliphatic rings. The number of benzene rings is 2. The van der Waals surface area contributed by atoms with E-state index >= 15 is 0 Å². The number of carbonyl (C=O) groups excluding carboxylic acids is 1. The van der Waals surface area contributed by atoms with Crippen molar-refractivity contribution in [1.29, 1.82) is 5.26 Å². The van der Waals surface area contributed by atoms with Crippen LogP contribution in [0, 0.1) is 17.2 Å². The summed E-state index contributed by atoms with van der Waals surface area (Å²) in [6.45, 7) is 1.43. The van der Waals surface area contributed by atoms with E-state index in [0.717, 1.165) is 12.8 Å². The number of rotatable bonds is 4. The summed E-state index contributed by atoms with van der Waals surface area (Å²) >= 11 is 0. The van der Waals surface area contributed by atoms with Crippen molar-refractivity contribution >= 4 is 5.91 Å². The van der Waals surface area contributed by atoms with Gasteiger partial charge in [-0.3, -0.25) is 4.79 Å². The maximum Gasteiger partial charge on any atom is 0.253 e. The van der Waals surface area contributed by atoms with Gasteiger partial charge in [-0.05, 0) is 42.5 Å². The highest BCUT2D eigenvalue weighted by molar-refractivity contribution is 5.94. The minimum absolute atomic E-state index is 0.00391. The Morgan fingerprint density at radius 1 is 1.16 bits per heavy atom. The van der Waals surface area contributed by atoms with Gasteiger partial charge in [-0.15, -0.1) is 0 Å². The summed E-state index contributed by atoms with van der Waals surface area (Å²) in [4.78, 5) is 14.5. The fraction of sp³-hybridized carbons (Fsp3) is 0.333. The second kappa shape index (κ2) is 7.96. The summed E-state index contributed by atoms with van der Waals surface area (Å²) in [7, 11) is 1.75. The van der Waals surface area contributed by atoms with Crippen molar-refractivity contribution in [3.63, 3.8) is 0 Å². The first-order valence-corrected chi connectivity index (χ1v) is 8.60. The molecule has 2 aromatic rings. The van der Waals surface area contributed by atoms with E-state index in [0.29, 0.717) is 30.1 Å². The monoisotopic (exact) mass is 334 g/mol. The number of likely N-dealkylation sites (tertiary alicyclic amines) is 1. The summed E-state index contributed by atoms with van der Waals surface area (Å²) in [5.74, 6) is 0.408. The average molecular weight is 334 g/mol. The first-order chi connectivity index (χ1) is 12.2. The van der Waals surface area contributed by atoms with Gasteiger partial charge in [0.25, 0.3) is 5.91 Å². The standard InChI is InChI=1S/C21H22N2O2/c1-25-20(17-7-3-2-4-8-17)18-10-12-23(13-11-18)21(24)19-9-5-6-16(14-19)15-22/h2-9,14,18,20H,10-13H2,1H3. The molecule has 0 spiro atoms. The first-order valence-electron chi connectivity index (χ1n) is 8.60. The van der Waals surface area contributed by atoms with Crippen molar-refractivity contribution < 1.29 is 9.53 Å². The lowest BCUT2D eigenvalue weighted by molar-refractivity contribution is 0.0195. The number of ether oxygens (including phenoxy) is 1. The number of carbonyl (C=O) groups is 1. The maximum atomic E-state index is 12.7. The lowest BCUT2D eigenvalue weighted by Gasteiger charge is -2.35. The van der Waals surface area contributed by atoms with Crippen molar-refractivity contribution in [2.24, 2.45) is 5.92 Å². The minimum atomic E-state index is 0.00391. The molecule has 4 heteroatoms. The number of hydrogen-bond donors (Lipinski definition) is 0. The van der Waals surface area contributed by atoms with Gasteiger partial charge >= 0.3 is 0 Å². The van der Waals surface area contributed by atoms with Crippen LogP contribution in [0.4, 0.5) is 0 Å². The van der Waals surface area contributed by atoms with Crippen LogP contribution >= 0.6 is 0 Å². The van der Waals surface area contributed by atoms with Gasteiger partial charge in [-0.25, -0.2) is 0 Å². The molecule has 1 atom stereocenters. The van der Waals surface area contributed by atoms with Gasteiger partial charge in [0.2, 0.25) is 0 Å². The van der Waals surface area contributed by atoms with E-state index < -0.39 is 0 Å². The highest BCUT2D eigenvalue weighted by Gasteiger charge is 2.29. The number of methoxy groups -OCH3 is 1. The lowest BCUT2D eigenvalue weighted by Crippen LogP contribution is -2.40. The van der Waals surface area contributed by atoms with Gasteiger partial charge in [0.1, 0.15) is 0 Å². The Hall–Kier alpha value is -2.64. The molecule has 1 saturated heterocycles. The van der Waals surface area contributed by atoms with Crippen LogP contribution in [0.1, 0.15) is 40.4 Å². The third-order valence-corrected chi connectivity index (χ3v) is 4.88. The molecule has 0 aromatic heterocycles. The Balaban J connectivity index is 1.65. The van der Waals surface area contributed by atoms with Crippen molar-refractivity contribution in [1.82, 2.24) is 4.90 Å². The van der Waals surface area contributed by atoms with Gasteiger partial charge in [-0.1, -0.05) is 36.4 Å². The summed E-state index contributed by atoms with van der Waals surface area (Å²) in [6, 6.07) is 19.3. The smallest absolute Gasteiger partial charge is 0.253 e. The predicted molar refractivity (Wildman–Crippen MR) is 96.0 cm³/mol. The molecule has 1 unspecified atom stereocenters. The summed E-state index contributed by atoms with van der Waals surface area (Å²) in [5, 5.41) is 9.00. The number of nitriles is 1. The molecule has 3 rings (SSSR count). The fourth-order valence-corrected chi connectivity index (χ4v) is 3.55. The Labute approximate surface area is 148 Å². The van der Waals surface area contributed by atoms with Crippen LogP contribution in [0.25, 0.3) is 0 Å².